The molecule has 0 aliphatic rings. The van der Waals surface area contributed by atoms with Crippen LogP contribution in [-0.2, 0) is 15.7 Å². The number of rotatable bonds is 2. The molecule has 0 heterocycles. The van der Waals surface area contributed by atoms with Gasteiger partial charge in [0.1, 0.15) is 0 Å². The summed E-state index contributed by atoms with van der Waals surface area (Å²) in [7, 11) is 1.18. The first kappa shape index (κ1) is 13.8. The van der Waals surface area contributed by atoms with E-state index in [1.807, 2.05) is 0 Å². The van der Waals surface area contributed by atoms with Crippen molar-refractivity contribution in [2.45, 2.75) is 6.18 Å². The third-order valence-corrected chi connectivity index (χ3v) is 2.08. The predicted octanol–water partition coefficient (Wildman–Crippen LogP) is 2.76. The number of nitrogens with zero attached hydrogens (tertiary/aromatic N) is 1. The van der Waals surface area contributed by atoms with Crippen LogP contribution in [0.1, 0.15) is 16.7 Å². The summed E-state index contributed by atoms with van der Waals surface area (Å²) in [6, 6.07) is 4.50. The molecule has 0 bridgehead atoms. The van der Waals surface area contributed by atoms with Gasteiger partial charge in [-0.3, -0.25) is 0 Å². The molecule has 0 spiro atoms. The van der Waals surface area contributed by atoms with Crippen molar-refractivity contribution in [1.82, 2.24) is 0 Å². The Hall–Kier alpha value is -2.29. The Balaban J connectivity index is 3.12. The van der Waals surface area contributed by atoms with Gasteiger partial charge in [0.05, 0.1) is 24.3 Å². The lowest BCUT2D eigenvalue weighted by Crippen LogP contribution is -2.07. The van der Waals surface area contributed by atoms with Gasteiger partial charge in [-0.2, -0.15) is 18.4 Å². The van der Waals surface area contributed by atoms with Crippen LogP contribution in [0.5, 0.6) is 0 Å². The lowest BCUT2D eigenvalue weighted by Gasteiger charge is -2.08. The molecule has 0 aliphatic heterocycles. The quantitative estimate of drug-likeness (QED) is 0.603. The van der Waals surface area contributed by atoms with Crippen LogP contribution in [0.15, 0.2) is 24.3 Å². The molecule has 3 nitrogen and oxygen atoms in total. The van der Waals surface area contributed by atoms with Gasteiger partial charge in [-0.1, -0.05) is 6.07 Å². The second kappa shape index (κ2) is 5.36. The van der Waals surface area contributed by atoms with Crippen LogP contribution in [0.4, 0.5) is 13.2 Å². The molecule has 0 N–H and O–H groups in total. The number of hydrogen-bond donors (Lipinski definition) is 0. The molecule has 18 heavy (non-hydrogen) atoms. The minimum atomic E-state index is -4.57. The van der Waals surface area contributed by atoms with E-state index in [0.29, 0.717) is 5.56 Å². The maximum Gasteiger partial charge on any atom is 0.417 e. The molecule has 0 fully saturated rings. The van der Waals surface area contributed by atoms with Crippen LogP contribution in [0.2, 0.25) is 0 Å². The van der Waals surface area contributed by atoms with E-state index in [2.05, 4.69) is 4.74 Å². The average molecular weight is 255 g/mol. The summed E-state index contributed by atoms with van der Waals surface area (Å²) in [6.07, 6.45) is -2.24. The van der Waals surface area contributed by atoms with Gasteiger partial charge in [-0.25, -0.2) is 4.79 Å². The molecule has 0 unspecified atom stereocenters. The van der Waals surface area contributed by atoms with E-state index in [-0.39, 0.29) is 0 Å². The molecule has 1 aromatic carbocycles. The molecule has 0 aliphatic carbocycles. The van der Waals surface area contributed by atoms with Crippen molar-refractivity contribution in [3.63, 3.8) is 0 Å². The molecule has 94 valence electrons. The maximum absolute atomic E-state index is 12.5. The Morgan fingerprint density at radius 1 is 1.44 bits per heavy atom. The highest BCUT2D eigenvalue weighted by Crippen LogP contribution is 2.32. The van der Waals surface area contributed by atoms with Crippen LogP contribution in [0.3, 0.4) is 0 Å². The normalized spacial score (nSPS) is 11.3. The third-order valence-electron chi connectivity index (χ3n) is 2.08. The Morgan fingerprint density at radius 3 is 2.61 bits per heavy atom. The van der Waals surface area contributed by atoms with Gasteiger partial charge >= 0.3 is 12.1 Å². The zero-order valence-corrected chi connectivity index (χ0v) is 9.28. The Labute approximate surface area is 101 Å². The second-order valence-electron chi connectivity index (χ2n) is 3.27. The van der Waals surface area contributed by atoms with E-state index in [1.165, 1.54) is 25.3 Å². The summed E-state index contributed by atoms with van der Waals surface area (Å²) >= 11 is 0. The van der Waals surface area contributed by atoms with Crippen LogP contribution < -0.4 is 0 Å². The van der Waals surface area contributed by atoms with Gasteiger partial charge in [0.15, 0.2) is 0 Å². The summed E-state index contributed by atoms with van der Waals surface area (Å²) in [6.45, 7) is 0. The lowest BCUT2D eigenvalue weighted by molar-refractivity contribution is -0.138. The van der Waals surface area contributed by atoms with E-state index < -0.39 is 23.3 Å². The van der Waals surface area contributed by atoms with Gasteiger partial charge in [0.2, 0.25) is 0 Å². The van der Waals surface area contributed by atoms with Gasteiger partial charge in [0.25, 0.3) is 0 Å². The van der Waals surface area contributed by atoms with E-state index in [4.69, 9.17) is 5.26 Å². The number of carbonyl (C=O) groups is 1. The first-order valence-corrected chi connectivity index (χ1v) is 4.76. The van der Waals surface area contributed by atoms with Crippen LogP contribution in [0, 0.1) is 11.3 Å². The number of alkyl halides is 3. The summed E-state index contributed by atoms with van der Waals surface area (Å²) in [5.74, 6) is -0.631. The molecule has 0 saturated carbocycles. The van der Waals surface area contributed by atoms with E-state index in [9.17, 15) is 18.0 Å². The molecule has 0 atom stereocenters. The van der Waals surface area contributed by atoms with Crippen molar-refractivity contribution < 1.29 is 22.7 Å². The maximum atomic E-state index is 12.5. The fourth-order valence-corrected chi connectivity index (χ4v) is 1.24. The largest absolute Gasteiger partial charge is 0.466 e. The highest BCUT2D eigenvalue weighted by Gasteiger charge is 2.33. The number of carbonyl (C=O) groups excluding carboxylic acids is 1. The molecule has 0 saturated heterocycles. The van der Waals surface area contributed by atoms with Gasteiger partial charge in [0, 0.05) is 6.08 Å². The number of hydrogen-bond acceptors (Lipinski definition) is 3. The molecule has 0 radical (unpaired) electrons. The number of halogens is 3. The first-order valence-electron chi connectivity index (χ1n) is 4.76. The van der Waals surface area contributed by atoms with E-state index in [1.54, 1.807) is 0 Å². The van der Waals surface area contributed by atoms with Crippen molar-refractivity contribution in [3.8, 4) is 6.07 Å². The Bertz CT molecular complexity index is 527. The monoisotopic (exact) mass is 255 g/mol. The van der Waals surface area contributed by atoms with E-state index in [0.717, 1.165) is 18.2 Å². The topological polar surface area (TPSA) is 50.1 Å². The highest BCUT2D eigenvalue weighted by molar-refractivity contribution is 5.87. The minimum absolute atomic E-state index is 0.310. The highest BCUT2D eigenvalue weighted by atomic mass is 19.4. The lowest BCUT2D eigenvalue weighted by atomic mass is 10.0. The molecule has 1 rings (SSSR count). The molecule has 0 amide bonds. The number of ether oxygens (including phenoxy) is 1. The van der Waals surface area contributed by atoms with E-state index >= 15 is 0 Å². The first-order chi connectivity index (χ1) is 8.38. The molecule has 0 aromatic heterocycles. The molecular weight excluding hydrogens is 247 g/mol. The van der Waals surface area contributed by atoms with Crippen LogP contribution in [-0.4, -0.2) is 13.1 Å². The number of methoxy groups -OCH3 is 1. The van der Waals surface area contributed by atoms with Gasteiger partial charge in [-0.05, 0) is 23.8 Å². The summed E-state index contributed by atoms with van der Waals surface area (Å²) in [5, 5.41) is 8.66. The summed E-state index contributed by atoms with van der Waals surface area (Å²) in [5.41, 5.74) is -1.18. The summed E-state index contributed by atoms with van der Waals surface area (Å²) in [4.78, 5) is 10.8. The SMILES string of the molecule is COC(=O)/C=C/c1ccc(C(F)(F)F)c(C#N)c1. The van der Waals surface area contributed by atoms with Crippen molar-refractivity contribution in [1.29, 1.82) is 5.26 Å². The van der Waals surface area contributed by atoms with Crippen molar-refractivity contribution in [3.05, 3.63) is 41.0 Å². The van der Waals surface area contributed by atoms with Crippen molar-refractivity contribution in [2.75, 3.05) is 7.11 Å². The minimum Gasteiger partial charge on any atom is -0.466 e. The van der Waals surface area contributed by atoms with Gasteiger partial charge in [-0.15, -0.1) is 0 Å². The molecule has 1 aromatic rings. The number of esters is 1. The standard InChI is InChI=1S/C12H8F3NO2/c1-18-11(17)5-3-8-2-4-10(12(13,14)15)9(6-8)7-16/h2-6H,1H3/b5-3+. The Morgan fingerprint density at radius 2 is 2.11 bits per heavy atom. The molecule has 6 heteroatoms. The number of nitriles is 1. The molecular formula is C12H8F3NO2. The second-order valence-corrected chi connectivity index (χ2v) is 3.27. The van der Waals surface area contributed by atoms with Crippen molar-refractivity contribution in [2.24, 2.45) is 0 Å². The average Bonchev–Trinajstić information content (AvgIpc) is 2.34. The van der Waals surface area contributed by atoms with Gasteiger partial charge < -0.3 is 4.74 Å². The van der Waals surface area contributed by atoms with Crippen molar-refractivity contribution >= 4 is 12.0 Å². The van der Waals surface area contributed by atoms with Crippen LogP contribution in [0.25, 0.3) is 6.08 Å². The Kier molecular flexibility index (Phi) is 4.10. The smallest absolute Gasteiger partial charge is 0.417 e. The fourth-order valence-electron chi connectivity index (χ4n) is 1.24. The van der Waals surface area contributed by atoms with Crippen LogP contribution >= 0.6 is 0 Å². The zero-order valence-electron chi connectivity index (χ0n) is 9.28. The number of benzene rings is 1. The third kappa shape index (κ3) is 3.35. The fraction of sp³-hybridized carbons (Fsp3) is 0.167. The summed E-state index contributed by atoms with van der Waals surface area (Å²) < 4.78 is 41.8. The predicted molar refractivity (Wildman–Crippen MR) is 57.2 cm³/mol. The zero-order chi connectivity index (χ0) is 13.8.